The van der Waals surface area contributed by atoms with E-state index in [-0.39, 0.29) is 0 Å². The molecule has 0 saturated carbocycles. The lowest BCUT2D eigenvalue weighted by Gasteiger charge is -2.08. The molecule has 1 atom stereocenters. The summed E-state index contributed by atoms with van der Waals surface area (Å²) >= 11 is 0. The normalized spacial score (nSPS) is 12.6. The van der Waals surface area contributed by atoms with Gasteiger partial charge in [-0.25, -0.2) is 4.98 Å². The Morgan fingerprint density at radius 3 is 3.00 bits per heavy atom. The predicted molar refractivity (Wildman–Crippen MR) is 69.2 cm³/mol. The molecule has 0 aliphatic carbocycles. The van der Waals surface area contributed by atoms with Crippen LogP contribution in [0, 0.1) is 0 Å². The molecule has 1 heterocycles. The molecular weight excluding hydrogens is 222 g/mol. The summed E-state index contributed by atoms with van der Waals surface area (Å²) in [6, 6.07) is 0. The fourth-order valence-corrected chi connectivity index (χ4v) is 2.01. The molecule has 0 spiro atoms. The fraction of sp³-hybridized carbons (Fsp3) is 0.727. The molecular formula is C11H21N3OS. The van der Waals surface area contributed by atoms with E-state index in [9.17, 15) is 4.21 Å². The smallest absolute Gasteiger partial charge is 0.202 e. The summed E-state index contributed by atoms with van der Waals surface area (Å²) in [6.07, 6.45) is 8.83. The topological polar surface area (TPSA) is 46.9 Å². The molecule has 92 valence electrons. The van der Waals surface area contributed by atoms with Gasteiger partial charge in [0.05, 0.1) is 0 Å². The van der Waals surface area contributed by atoms with Crippen molar-refractivity contribution in [2.24, 2.45) is 0 Å². The van der Waals surface area contributed by atoms with Gasteiger partial charge in [0.2, 0.25) is 5.95 Å². The van der Waals surface area contributed by atoms with Gasteiger partial charge < -0.3 is 9.88 Å². The van der Waals surface area contributed by atoms with Crippen LogP contribution in [0.2, 0.25) is 0 Å². The Bertz CT molecular complexity index is 325. The van der Waals surface area contributed by atoms with Crippen LogP contribution < -0.4 is 5.32 Å². The van der Waals surface area contributed by atoms with Crippen LogP contribution in [-0.2, 0) is 17.3 Å². The molecule has 0 radical (unpaired) electrons. The minimum atomic E-state index is -0.691. The zero-order chi connectivity index (χ0) is 11.8. The van der Waals surface area contributed by atoms with E-state index in [0.717, 1.165) is 31.2 Å². The van der Waals surface area contributed by atoms with Gasteiger partial charge in [-0.05, 0) is 12.8 Å². The number of imidazole rings is 1. The minimum Gasteiger partial charge on any atom is -0.356 e. The largest absolute Gasteiger partial charge is 0.356 e. The Morgan fingerprint density at radius 1 is 1.50 bits per heavy atom. The second kappa shape index (κ2) is 7.44. The summed E-state index contributed by atoms with van der Waals surface area (Å²) in [7, 11) is -0.691. The average molecular weight is 243 g/mol. The summed E-state index contributed by atoms with van der Waals surface area (Å²) in [4.78, 5) is 4.26. The number of nitrogens with zero attached hydrogens (tertiary/aromatic N) is 2. The van der Waals surface area contributed by atoms with Crippen molar-refractivity contribution >= 4 is 16.7 Å². The molecule has 0 bridgehead atoms. The van der Waals surface area contributed by atoms with Crippen LogP contribution in [0.4, 0.5) is 5.95 Å². The van der Waals surface area contributed by atoms with E-state index in [2.05, 4.69) is 21.8 Å². The molecule has 1 rings (SSSR count). The fourth-order valence-electron chi connectivity index (χ4n) is 1.46. The monoisotopic (exact) mass is 243 g/mol. The highest BCUT2D eigenvalue weighted by Crippen LogP contribution is 2.06. The zero-order valence-corrected chi connectivity index (χ0v) is 10.9. The molecule has 0 aliphatic rings. The van der Waals surface area contributed by atoms with E-state index in [1.54, 1.807) is 6.26 Å². The summed E-state index contributed by atoms with van der Waals surface area (Å²) in [5, 5.41) is 3.27. The summed E-state index contributed by atoms with van der Waals surface area (Å²) in [6.45, 7) is 4.03. The average Bonchev–Trinajstić information content (AvgIpc) is 2.69. The van der Waals surface area contributed by atoms with Gasteiger partial charge in [-0.1, -0.05) is 13.3 Å². The lowest BCUT2D eigenvalue weighted by Crippen LogP contribution is -2.11. The van der Waals surface area contributed by atoms with E-state index in [1.165, 1.54) is 12.8 Å². The molecule has 1 unspecified atom stereocenters. The van der Waals surface area contributed by atoms with E-state index >= 15 is 0 Å². The molecule has 0 fully saturated rings. The first-order chi connectivity index (χ1) is 7.74. The van der Waals surface area contributed by atoms with Crippen LogP contribution in [0.5, 0.6) is 0 Å². The summed E-state index contributed by atoms with van der Waals surface area (Å²) in [5.74, 6) is 1.68. The van der Waals surface area contributed by atoms with Crippen molar-refractivity contribution in [1.29, 1.82) is 0 Å². The Labute approximate surface area is 99.9 Å². The molecule has 0 saturated heterocycles. The maximum absolute atomic E-state index is 10.9. The highest BCUT2D eigenvalue weighted by Gasteiger charge is 2.00. The zero-order valence-electron chi connectivity index (χ0n) is 10.1. The van der Waals surface area contributed by atoms with Gasteiger partial charge in [-0.15, -0.1) is 0 Å². The SMILES string of the molecule is CCCCn1ccnc1NCCCS(C)=O. The first-order valence-electron chi connectivity index (χ1n) is 5.79. The highest BCUT2D eigenvalue weighted by atomic mass is 32.2. The number of hydrogen-bond donors (Lipinski definition) is 1. The molecule has 4 nitrogen and oxygen atoms in total. The summed E-state index contributed by atoms with van der Waals surface area (Å²) < 4.78 is 13.0. The van der Waals surface area contributed by atoms with Gasteiger partial charge in [0.15, 0.2) is 0 Å². The number of anilines is 1. The first kappa shape index (κ1) is 13.2. The van der Waals surface area contributed by atoms with Gasteiger partial charge >= 0.3 is 0 Å². The van der Waals surface area contributed by atoms with Gasteiger partial charge in [0.25, 0.3) is 0 Å². The van der Waals surface area contributed by atoms with Gasteiger partial charge in [-0.2, -0.15) is 0 Å². The standard InChI is InChI=1S/C11H21N3OS/c1-3-4-8-14-9-7-13-11(14)12-6-5-10-16(2)15/h7,9H,3-6,8,10H2,1-2H3,(H,12,13). The van der Waals surface area contributed by atoms with Crippen molar-refractivity contribution in [3.63, 3.8) is 0 Å². The van der Waals surface area contributed by atoms with Crippen LogP contribution in [0.1, 0.15) is 26.2 Å². The Balaban J connectivity index is 2.29. The van der Waals surface area contributed by atoms with Crippen LogP contribution >= 0.6 is 0 Å². The van der Waals surface area contributed by atoms with Crippen molar-refractivity contribution in [2.75, 3.05) is 23.9 Å². The summed E-state index contributed by atoms with van der Waals surface area (Å²) in [5.41, 5.74) is 0. The van der Waals surface area contributed by atoms with Crippen molar-refractivity contribution in [3.05, 3.63) is 12.4 Å². The highest BCUT2D eigenvalue weighted by molar-refractivity contribution is 7.84. The van der Waals surface area contributed by atoms with Gasteiger partial charge in [0.1, 0.15) is 0 Å². The molecule has 16 heavy (non-hydrogen) atoms. The van der Waals surface area contributed by atoms with Crippen LogP contribution in [0.15, 0.2) is 12.4 Å². The number of rotatable bonds is 8. The van der Waals surface area contributed by atoms with Crippen molar-refractivity contribution < 1.29 is 4.21 Å². The van der Waals surface area contributed by atoms with Crippen molar-refractivity contribution in [3.8, 4) is 0 Å². The van der Waals surface area contributed by atoms with Crippen molar-refractivity contribution in [2.45, 2.75) is 32.7 Å². The molecule has 1 N–H and O–H groups in total. The second-order valence-electron chi connectivity index (χ2n) is 3.86. The first-order valence-corrected chi connectivity index (χ1v) is 7.51. The molecule has 0 aromatic carbocycles. The van der Waals surface area contributed by atoms with Crippen LogP contribution in [0.25, 0.3) is 0 Å². The van der Waals surface area contributed by atoms with E-state index in [0.29, 0.717) is 0 Å². The molecule has 0 aliphatic heterocycles. The third kappa shape index (κ3) is 4.79. The third-order valence-corrected chi connectivity index (χ3v) is 3.22. The van der Waals surface area contributed by atoms with Crippen LogP contribution in [0.3, 0.4) is 0 Å². The molecule has 0 amide bonds. The van der Waals surface area contributed by atoms with E-state index < -0.39 is 10.8 Å². The lowest BCUT2D eigenvalue weighted by atomic mass is 10.3. The number of aryl methyl sites for hydroxylation is 1. The quantitative estimate of drug-likeness (QED) is 0.709. The van der Waals surface area contributed by atoms with Crippen molar-refractivity contribution in [1.82, 2.24) is 9.55 Å². The van der Waals surface area contributed by atoms with Gasteiger partial charge in [-0.3, -0.25) is 4.21 Å². The van der Waals surface area contributed by atoms with Gasteiger partial charge in [0, 0.05) is 48.3 Å². The third-order valence-electron chi connectivity index (χ3n) is 2.36. The number of unbranched alkanes of at least 4 members (excludes halogenated alkanes) is 1. The number of hydrogen-bond acceptors (Lipinski definition) is 3. The predicted octanol–water partition coefficient (Wildman–Crippen LogP) is 1.86. The second-order valence-corrected chi connectivity index (χ2v) is 5.41. The Hall–Kier alpha value is -0.840. The number of aromatic nitrogens is 2. The minimum absolute atomic E-state index is 0.691. The Kier molecular flexibility index (Phi) is 6.15. The van der Waals surface area contributed by atoms with Crippen LogP contribution in [-0.4, -0.2) is 32.3 Å². The lowest BCUT2D eigenvalue weighted by molar-refractivity contribution is 0.634. The van der Waals surface area contributed by atoms with E-state index in [1.807, 2.05) is 12.4 Å². The maximum atomic E-state index is 10.9. The molecule has 1 aromatic heterocycles. The maximum Gasteiger partial charge on any atom is 0.202 e. The van der Waals surface area contributed by atoms with E-state index in [4.69, 9.17) is 0 Å². The Morgan fingerprint density at radius 2 is 2.31 bits per heavy atom. The molecule has 1 aromatic rings. The molecule has 5 heteroatoms. The number of nitrogens with one attached hydrogen (secondary N) is 1.